The van der Waals surface area contributed by atoms with E-state index in [4.69, 9.17) is 0 Å². The molecule has 2 nitrogen and oxygen atoms in total. The number of hydrogen-bond acceptors (Lipinski definition) is 0. The maximum Gasteiger partial charge on any atom is 0.0248 e. The fraction of sp³-hybridized carbons (Fsp3) is 0. The predicted molar refractivity (Wildman–Crippen MR) is 50.4 cm³/mol. The molecule has 0 saturated carbocycles. The molecule has 0 aliphatic carbocycles. The van der Waals surface area contributed by atoms with Gasteiger partial charge in [0.05, 0.1) is 0 Å². The van der Waals surface area contributed by atoms with Crippen molar-refractivity contribution in [1.29, 1.82) is 0 Å². The first-order chi connectivity index (χ1) is 5.95. The first-order valence-electron chi connectivity index (χ1n) is 3.88. The third kappa shape index (κ3) is 1.48. The number of aromatic nitrogens is 2. The molecule has 2 heteroatoms. The first-order valence-corrected chi connectivity index (χ1v) is 3.88. The molecule has 0 unspecified atom stereocenters. The normalized spacial score (nSPS) is 11.0. The van der Waals surface area contributed by atoms with E-state index in [0.717, 1.165) is 0 Å². The fourth-order valence-electron chi connectivity index (χ4n) is 1.05. The van der Waals surface area contributed by atoms with Gasteiger partial charge in [0.1, 0.15) is 0 Å². The van der Waals surface area contributed by atoms with Crippen LogP contribution in [0.5, 0.6) is 0 Å². The highest BCUT2D eigenvalue weighted by Crippen LogP contribution is 1.95. The van der Waals surface area contributed by atoms with Crippen LogP contribution in [-0.4, -0.2) is 9.13 Å². The summed E-state index contributed by atoms with van der Waals surface area (Å²) in [6.45, 7) is 0. The van der Waals surface area contributed by atoms with Crippen LogP contribution in [-0.2, 0) is 0 Å². The van der Waals surface area contributed by atoms with E-state index in [-0.39, 0.29) is 0 Å². The second kappa shape index (κ2) is 3.13. The van der Waals surface area contributed by atoms with Gasteiger partial charge in [0, 0.05) is 37.2 Å². The number of hydrogen-bond donors (Lipinski definition) is 0. The molecule has 2 aromatic rings. The second-order valence-electron chi connectivity index (χ2n) is 2.56. The van der Waals surface area contributed by atoms with Gasteiger partial charge in [0.15, 0.2) is 0 Å². The van der Waals surface area contributed by atoms with Crippen molar-refractivity contribution >= 4 is 12.4 Å². The summed E-state index contributed by atoms with van der Waals surface area (Å²) in [5.41, 5.74) is 0. The summed E-state index contributed by atoms with van der Waals surface area (Å²) >= 11 is 0. The minimum Gasteiger partial charge on any atom is -0.329 e. The highest BCUT2D eigenvalue weighted by atomic mass is 15.0. The van der Waals surface area contributed by atoms with Gasteiger partial charge in [0.2, 0.25) is 0 Å². The molecular weight excluding hydrogens is 148 g/mol. The molecule has 0 aromatic carbocycles. The lowest BCUT2D eigenvalue weighted by atomic mass is 10.7. The van der Waals surface area contributed by atoms with E-state index in [0.29, 0.717) is 0 Å². The molecule has 0 spiro atoms. The molecule has 0 aliphatic rings. The van der Waals surface area contributed by atoms with Gasteiger partial charge in [-0.15, -0.1) is 0 Å². The quantitative estimate of drug-likeness (QED) is 0.635. The van der Waals surface area contributed by atoms with Crippen LogP contribution in [0.25, 0.3) is 12.4 Å². The Bertz CT molecular complexity index is 305. The van der Waals surface area contributed by atoms with Gasteiger partial charge >= 0.3 is 0 Å². The zero-order chi connectivity index (χ0) is 8.23. The number of rotatable bonds is 2. The van der Waals surface area contributed by atoms with Gasteiger partial charge < -0.3 is 9.13 Å². The minimum absolute atomic E-state index is 2.00. The van der Waals surface area contributed by atoms with Gasteiger partial charge in [-0.1, -0.05) is 0 Å². The van der Waals surface area contributed by atoms with Crippen LogP contribution in [0.3, 0.4) is 0 Å². The largest absolute Gasteiger partial charge is 0.329 e. The van der Waals surface area contributed by atoms with E-state index in [2.05, 4.69) is 0 Å². The smallest absolute Gasteiger partial charge is 0.0248 e. The molecule has 0 amide bonds. The summed E-state index contributed by atoms with van der Waals surface area (Å²) in [6, 6.07) is 8.00. The van der Waals surface area contributed by atoms with Crippen molar-refractivity contribution < 1.29 is 0 Å². The van der Waals surface area contributed by atoms with E-state index in [9.17, 15) is 0 Å². The van der Waals surface area contributed by atoms with Crippen molar-refractivity contribution in [3.05, 3.63) is 49.1 Å². The molecule has 0 N–H and O–H groups in total. The molecule has 0 bridgehead atoms. The lowest BCUT2D eigenvalue weighted by Gasteiger charge is -1.92. The Balaban J connectivity index is 2.14. The van der Waals surface area contributed by atoms with Crippen LogP contribution >= 0.6 is 0 Å². The van der Waals surface area contributed by atoms with Gasteiger partial charge in [0.25, 0.3) is 0 Å². The summed E-state index contributed by atoms with van der Waals surface area (Å²) in [4.78, 5) is 0. The lowest BCUT2D eigenvalue weighted by Crippen LogP contribution is -1.82. The third-order valence-electron chi connectivity index (χ3n) is 1.67. The lowest BCUT2D eigenvalue weighted by molar-refractivity contribution is 1.13. The molecule has 0 atom stereocenters. The first kappa shape index (κ1) is 6.98. The summed E-state index contributed by atoms with van der Waals surface area (Å²) in [5.74, 6) is 0. The summed E-state index contributed by atoms with van der Waals surface area (Å²) in [5, 5.41) is 0. The predicted octanol–water partition coefficient (Wildman–Crippen LogP) is 2.38. The maximum atomic E-state index is 2.00. The Morgan fingerprint density at radius 1 is 0.583 bits per heavy atom. The van der Waals surface area contributed by atoms with Crippen molar-refractivity contribution in [1.82, 2.24) is 9.13 Å². The average Bonchev–Trinajstić information content (AvgIpc) is 2.74. The standard InChI is InChI=1S/C10H10N2/c1-2-6-11(5-1)9-10-12-7-3-4-8-12/h1-10H/b10-9+. The van der Waals surface area contributed by atoms with Gasteiger partial charge in [-0.05, 0) is 24.3 Å². The molecule has 0 aliphatic heterocycles. The SMILES string of the molecule is C(=C\n1cccc1)/n1cccc1. The van der Waals surface area contributed by atoms with Gasteiger partial charge in [-0.2, -0.15) is 0 Å². The zero-order valence-corrected chi connectivity index (χ0v) is 6.67. The third-order valence-corrected chi connectivity index (χ3v) is 1.67. The van der Waals surface area contributed by atoms with Crippen LogP contribution < -0.4 is 0 Å². The van der Waals surface area contributed by atoms with Crippen LogP contribution in [0.4, 0.5) is 0 Å². The van der Waals surface area contributed by atoms with Gasteiger partial charge in [-0.25, -0.2) is 0 Å². The van der Waals surface area contributed by atoms with E-state index in [1.54, 1.807) is 0 Å². The van der Waals surface area contributed by atoms with E-state index < -0.39 is 0 Å². The molecule has 60 valence electrons. The molecule has 2 heterocycles. The van der Waals surface area contributed by atoms with Crippen LogP contribution in [0.1, 0.15) is 0 Å². The van der Waals surface area contributed by atoms with E-state index in [1.807, 2.05) is 70.6 Å². The van der Waals surface area contributed by atoms with Crippen LogP contribution in [0.15, 0.2) is 49.1 Å². The number of nitrogens with zero attached hydrogens (tertiary/aromatic N) is 2. The van der Waals surface area contributed by atoms with Gasteiger partial charge in [-0.3, -0.25) is 0 Å². The van der Waals surface area contributed by atoms with Crippen molar-refractivity contribution in [3.63, 3.8) is 0 Å². The highest BCUT2D eigenvalue weighted by molar-refractivity contribution is 5.44. The Kier molecular flexibility index (Phi) is 1.82. The van der Waals surface area contributed by atoms with Crippen LogP contribution in [0.2, 0.25) is 0 Å². The summed E-state index contributed by atoms with van der Waals surface area (Å²) in [7, 11) is 0. The Hall–Kier alpha value is -1.70. The van der Waals surface area contributed by atoms with E-state index in [1.165, 1.54) is 0 Å². The molecule has 2 rings (SSSR count). The summed E-state index contributed by atoms with van der Waals surface area (Å²) in [6.07, 6.45) is 12.0. The zero-order valence-electron chi connectivity index (χ0n) is 6.67. The Morgan fingerprint density at radius 3 is 1.25 bits per heavy atom. The van der Waals surface area contributed by atoms with Crippen LogP contribution in [0, 0.1) is 0 Å². The molecule has 12 heavy (non-hydrogen) atoms. The summed E-state index contributed by atoms with van der Waals surface area (Å²) < 4.78 is 4.00. The molecule has 0 radical (unpaired) electrons. The average molecular weight is 158 g/mol. The Morgan fingerprint density at radius 2 is 0.917 bits per heavy atom. The van der Waals surface area contributed by atoms with Crippen molar-refractivity contribution in [3.8, 4) is 0 Å². The molecular formula is C10H10N2. The molecule has 0 saturated heterocycles. The Labute approximate surface area is 71.4 Å². The highest BCUT2D eigenvalue weighted by Gasteiger charge is 1.80. The molecule has 0 fully saturated rings. The monoisotopic (exact) mass is 158 g/mol. The maximum absolute atomic E-state index is 2.00. The second-order valence-corrected chi connectivity index (χ2v) is 2.56. The van der Waals surface area contributed by atoms with E-state index >= 15 is 0 Å². The van der Waals surface area contributed by atoms with Crippen molar-refractivity contribution in [2.75, 3.05) is 0 Å². The minimum atomic E-state index is 2.00. The molecule has 2 aromatic heterocycles. The van der Waals surface area contributed by atoms with Crippen molar-refractivity contribution in [2.45, 2.75) is 0 Å². The fourth-order valence-corrected chi connectivity index (χ4v) is 1.05. The van der Waals surface area contributed by atoms with Crippen molar-refractivity contribution in [2.24, 2.45) is 0 Å². The topological polar surface area (TPSA) is 9.86 Å².